The van der Waals surface area contributed by atoms with Gasteiger partial charge in [-0.25, -0.2) is 0 Å². The predicted molar refractivity (Wildman–Crippen MR) is 75.4 cm³/mol. The fourth-order valence-electron chi connectivity index (χ4n) is 1.87. The monoisotopic (exact) mass is 248 g/mol. The molecule has 0 saturated heterocycles. The molecule has 0 bridgehead atoms. The van der Waals surface area contributed by atoms with Crippen molar-refractivity contribution in [2.24, 2.45) is 0 Å². The molecular formula is C15H24N2O. The second kappa shape index (κ2) is 6.55. The van der Waals surface area contributed by atoms with Crippen LogP contribution in [0.2, 0.25) is 0 Å². The van der Waals surface area contributed by atoms with Crippen LogP contribution in [-0.4, -0.2) is 42.9 Å². The Bertz CT molecular complexity index is 384. The second-order valence-corrected chi connectivity index (χ2v) is 4.99. The quantitative estimate of drug-likeness (QED) is 0.797. The van der Waals surface area contributed by atoms with Crippen molar-refractivity contribution in [3.8, 4) is 0 Å². The number of likely N-dealkylation sites (N-methyl/N-ethyl adjacent to an activating group) is 2. The number of hydrogen-bond donors (Lipinski definition) is 0. The molecule has 0 saturated carbocycles. The highest BCUT2D eigenvalue weighted by molar-refractivity contribution is 5.80. The van der Waals surface area contributed by atoms with E-state index >= 15 is 0 Å². The zero-order valence-corrected chi connectivity index (χ0v) is 12.1. The molecule has 1 aromatic carbocycles. The smallest absolute Gasteiger partial charge is 0.239 e. The maximum atomic E-state index is 11.9. The fraction of sp³-hybridized carbons (Fsp3) is 0.533. The van der Waals surface area contributed by atoms with Gasteiger partial charge in [-0.15, -0.1) is 0 Å². The number of nitrogens with zero attached hydrogens (tertiary/aromatic N) is 2. The van der Waals surface area contributed by atoms with Gasteiger partial charge in [0, 0.05) is 20.6 Å². The Morgan fingerprint density at radius 2 is 1.61 bits per heavy atom. The molecule has 3 nitrogen and oxygen atoms in total. The fourth-order valence-corrected chi connectivity index (χ4v) is 1.87. The van der Waals surface area contributed by atoms with Gasteiger partial charge < -0.3 is 4.90 Å². The van der Waals surface area contributed by atoms with Crippen molar-refractivity contribution in [1.82, 2.24) is 9.80 Å². The normalized spacial score (nSPS) is 12.6. The van der Waals surface area contributed by atoms with Crippen molar-refractivity contribution in [2.75, 3.05) is 21.1 Å². The zero-order chi connectivity index (χ0) is 13.7. The van der Waals surface area contributed by atoms with Crippen LogP contribution in [-0.2, 0) is 17.8 Å². The van der Waals surface area contributed by atoms with Crippen LogP contribution in [0.25, 0.3) is 0 Å². The number of benzene rings is 1. The molecule has 0 N–H and O–H groups in total. The van der Waals surface area contributed by atoms with Crippen molar-refractivity contribution in [2.45, 2.75) is 32.9 Å². The highest BCUT2D eigenvalue weighted by atomic mass is 16.2. The molecule has 1 atom stereocenters. The molecule has 0 aliphatic carbocycles. The van der Waals surface area contributed by atoms with Gasteiger partial charge in [0.1, 0.15) is 0 Å². The first-order chi connectivity index (χ1) is 8.45. The van der Waals surface area contributed by atoms with Crippen LogP contribution in [0.4, 0.5) is 0 Å². The number of hydrogen-bond acceptors (Lipinski definition) is 2. The molecule has 0 aromatic heterocycles. The summed E-state index contributed by atoms with van der Waals surface area (Å²) in [6.07, 6.45) is 1.06. The molecule has 0 aliphatic heterocycles. The minimum absolute atomic E-state index is 0.0918. The molecule has 1 amide bonds. The van der Waals surface area contributed by atoms with Crippen molar-refractivity contribution in [1.29, 1.82) is 0 Å². The highest BCUT2D eigenvalue weighted by Crippen LogP contribution is 2.10. The van der Waals surface area contributed by atoms with E-state index in [0.717, 1.165) is 13.0 Å². The number of rotatable bonds is 5. The lowest BCUT2D eigenvalue weighted by atomic mass is 10.1. The summed E-state index contributed by atoms with van der Waals surface area (Å²) in [4.78, 5) is 15.6. The number of carbonyl (C=O) groups excluding carboxylic acids is 1. The first kappa shape index (κ1) is 14.7. The van der Waals surface area contributed by atoms with Gasteiger partial charge in [-0.1, -0.05) is 31.2 Å². The van der Waals surface area contributed by atoms with Gasteiger partial charge in [0.15, 0.2) is 0 Å². The lowest BCUT2D eigenvalue weighted by Gasteiger charge is -2.26. The van der Waals surface area contributed by atoms with Gasteiger partial charge in [-0.05, 0) is 31.5 Å². The van der Waals surface area contributed by atoms with Crippen LogP contribution in [0.1, 0.15) is 25.0 Å². The minimum Gasteiger partial charge on any atom is -0.347 e. The Balaban J connectivity index is 2.63. The Hall–Kier alpha value is -1.35. The molecule has 1 rings (SSSR count). The summed E-state index contributed by atoms with van der Waals surface area (Å²) in [6.45, 7) is 4.90. The first-order valence-electron chi connectivity index (χ1n) is 6.45. The van der Waals surface area contributed by atoms with Crippen LogP contribution in [0.15, 0.2) is 24.3 Å². The summed E-state index contributed by atoms with van der Waals surface area (Å²) in [5, 5.41) is 0. The van der Waals surface area contributed by atoms with Gasteiger partial charge in [-0.3, -0.25) is 9.69 Å². The second-order valence-electron chi connectivity index (χ2n) is 4.99. The predicted octanol–water partition coefficient (Wildman–Crippen LogP) is 2.16. The molecule has 1 aromatic rings. The summed E-state index contributed by atoms with van der Waals surface area (Å²) in [6, 6.07) is 8.50. The van der Waals surface area contributed by atoms with Crippen LogP contribution >= 0.6 is 0 Å². The number of aryl methyl sites for hydroxylation is 1. The molecule has 18 heavy (non-hydrogen) atoms. The summed E-state index contributed by atoms with van der Waals surface area (Å²) < 4.78 is 0. The lowest BCUT2D eigenvalue weighted by Crippen LogP contribution is -2.42. The number of carbonyl (C=O) groups is 1. The third kappa shape index (κ3) is 3.84. The van der Waals surface area contributed by atoms with Gasteiger partial charge in [-0.2, -0.15) is 0 Å². The lowest BCUT2D eigenvalue weighted by molar-refractivity contribution is -0.133. The molecular weight excluding hydrogens is 224 g/mol. The zero-order valence-electron chi connectivity index (χ0n) is 12.1. The maximum Gasteiger partial charge on any atom is 0.239 e. The van der Waals surface area contributed by atoms with E-state index in [4.69, 9.17) is 0 Å². The summed E-state index contributed by atoms with van der Waals surface area (Å²) in [7, 11) is 5.57. The van der Waals surface area contributed by atoms with Crippen LogP contribution in [0.5, 0.6) is 0 Å². The van der Waals surface area contributed by atoms with E-state index in [1.807, 2.05) is 14.0 Å². The maximum absolute atomic E-state index is 11.9. The Kier molecular flexibility index (Phi) is 5.35. The summed E-state index contributed by atoms with van der Waals surface area (Å²) >= 11 is 0. The number of amides is 1. The van der Waals surface area contributed by atoms with E-state index in [1.165, 1.54) is 11.1 Å². The van der Waals surface area contributed by atoms with Crippen LogP contribution in [0.3, 0.4) is 0 Å². The minimum atomic E-state index is -0.0918. The van der Waals surface area contributed by atoms with E-state index < -0.39 is 0 Å². The van der Waals surface area contributed by atoms with Gasteiger partial charge >= 0.3 is 0 Å². The Labute approximate surface area is 110 Å². The molecule has 0 radical (unpaired) electrons. The molecule has 3 heteroatoms. The van der Waals surface area contributed by atoms with E-state index in [2.05, 4.69) is 36.1 Å². The van der Waals surface area contributed by atoms with E-state index in [0.29, 0.717) is 0 Å². The first-order valence-corrected chi connectivity index (χ1v) is 6.45. The van der Waals surface area contributed by atoms with Crippen molar-refractivity contribution < 1.29 is 4.79 Å². The SMILES string of the molecule is CCc1ccc(CN(C)C(C)C(=O)N(C)C)cc1. The largest absolute Gasteiger partial charge is 0.347 e. The van der Waals surface area contributed by atoms with Gasteiger partial charge in [0.05, 0.1) is 6.04 Å². The topological polar surface area (TPSA) is 23.6 Å². The van der Waals surface area contributed by atoms with E-state index in [1.54, 1.807) is 19.0 Å². The molecule has 0 spiro atoms. The van der Waals surface area contributed by atoms with Gasteiger partial charge in [0.25, 0.3) is 0 Å². The standard InChI is InChI=1S/C15H24N2O/c1-6-13-7-9-14(10-8-13)11-17(5)12(2)15(18)16(3)4/h7-10,12H,6,11H2,1-5H3. The van der Waals surface area contributed by atoms with Crippen molar-refractivity contribution in [3.63, 3.8) is 0 Å². The van der Waals surface area contributed by atoms with Crippen molar-refractivity contribution in [3.05, 3.63) is 35.4 Å². The van der Waals surface area contributed by atoms with Crippen LogP contribution in [0, 0.1) is 0 Å². The van der Waals surface area contributed by atoms with Gasteiger partial charge in [0.2, 0.25) is 5.91 Å². The Morgan fingerprint density at radius 3 is 2.06 bits per heavy atom. The molecule has 100 valence electrons. The summed E-state index contributed by atoms with van der Waals surface area (Å²) in [5.74, 6) is 0.141. The highest BCUT2D eigenvalue weighted by Gasteiger charge is 2.19. The average Bonchev–Trinajstić information content (AvgIpc) is 2.37. The van der Waals surface area contributed by atoms with E-state index in [-0.39, 0.29) is 11.9 Å². The summed E-state index contributed by atoms with van der Waals surface area (Å²) in [5.41, 5.74) is 2.59. The third-order valence-corrected chi connectivity index (χ3v) is 3.32. The van der Waals surface area contributed by atoms with Crippen LogP contribution < -0.4 is 0 Å². The molecule has 0 heterocycles. The average molecular weight is 248 g/mol. The molecule has 0 fully saturated rings. The van der Waals surface area contributed by atoms with Crippen molar-refractivity contribution >= 4 is 5.91 Å². The van der Waals surface area contributed by atoms with E-state index in [9.17, 15) is 4.79 Å². The third-order valence-electron chi connectivity index (χ3n) is 3.32. The molecule has 1 unspecified atom stereocenters. The Morgan fingerprint density at radius 1 is 1.11 bits per heavy atom. The molecule has 0 aliphatic rings.